The van der Waals surface area contributed by atoms with Crippen LogP contribution in [-0.4, -0.2) is 56.4 Å². The van der Waals surface area contributed by atoms with Gasteiger partial charge in [0.1, 0.15) is 17.8 Å². The molecular weight excluding hydrogens is 596 g/mol. The minimum Gasteiger partial charge on any atom is -1.00 e. The Morgan fingerprint density at radius 3 is 2.33 bits per heavy atom. The van der Waals surface area contributed by atoms with Gasteiger partial charge >= 0.3 is 41.9 Å². The summed E-state index contributed by atoms with van der Waals surface area (Å²) >= 11 is 1.01. The fourth-order valence-electron chi connectivity index (χ4n) is 3.73. The third kappa shape index (κ3) is 9.85. The maximum absolute atomic E-state index is 12.4. The number of nitrogens with zero attached hydrogens (tertiary/aromatic N) is 5. The summed E-state index contributed by atoms with van der Waals surface area (Å²) in [6, 6.07) is 16.1. The van der Waals surface area contributed by atoms with E-state index in [-0.39, 0.29) is 42.5 Å². The number of aryl methyl sites for hydroxylation is 2. The van der Waals surface area contributed by atoms with Crippen LogP contribution in [0.4, 0.5) is 18.9 Å². The van der Waals surface area contributed by atoms with E-state index in [9.17, 15) is 18.0 Å². The number of aliphatic carboxylic acids is 1. The number of hydrogen-bond acceptors (Lipinski definition) is 8. The van der Waals surface area contributed by atoms with Gasteiger partial charge in [-0.3, -0.25) is 10.2 Å². The summed E-state index contributed by atoms with van der Waals surface area (Å²) in [5.41, 5.74) is 7.21. The number of thioether (sulfide) groups is 1. The molecule has 0 radical (unpaired) electrons. The SMILES string of the molecule is COc1cc(C)c(N=C(NN=Cc2ccc(-c3ncn(-c4ccc(OC(F)(F)F)cc4)n3)cc2)SCC(=O)O)c(C)c1.[H-].[Na+]. The number of hydrazone groups is 1. The molecule has 3 aromatic carbocycles. The number of aliphatic imine (C=N–C) groups is 1. The second-order valence-electron chi connectivity index (χ2n) is 8.76. The van der Waals surface area contributed by atoms with Crippen LogP contribution in [0, 0.1) is 13.8 Å². The molecule has 220 valence electrons. The molecule has 1 heterocycles. The van der Waals surface area contributed by atoms with Gasteiger partial charge < -0.3 is 16.0 Å². The number of carboxylic acids is 1. The second-order valence-corrected chi connectivity index (χ2v) is 9.72. The predicted octanol–water partition coefficient (Wildman–Crippen LogP) is 3.00. The van der Waals surface area contributed by atoms with Crippen molar-refractivity contribution in [3.8, 4) is 28.6 Å². The minimum absolute atomic E-state index is 0. The molecule has 0 spiro atoms. The molecule has 0 bridgehead atoms. The normalized spacial score (nSPS) is 11.7. The number of aromatic nitrogens is 3. The van der Waals surface area contributed by atoms with Gasteiger partial charge in [-0.15, -0.1) is 18.3 Å². The van der Waals surface area contributed by atoms with Crippen molar-refractivity contribution in [2.24, 2.45) is 10.1 Å². The Morgan fingerprint density at radius 2 is 1.74 bits per heavy atom. The van der Waals surface area contributed by atoms with Crippen molar-refractivity contribution in [3.63, 3.8) is 0 Å². The fraction of sp³-hybridized carbons (Fsp3) is 0.179. The number of alkyl halides is 3. The Kier molecular flexibility index (Phi) is 11.8. The van der Waals surface area contributed by atoms with Gasteiger partial charge in [0, 0.05) is 5.56 Å². The van der Waals surface area contributed by atoms with Crippen molar-refractivity contribution in [3.05, 3.63) is 83.7 Å². The van der Waals surface area contributed by atoms with Crippen molar-refractivity contribution in [2.45, 2.75) is 20.2 Å². The van der Waals surface area contributed by atoms with Crippen LogP contribution in [0.3, 0.4) is 0 Å². The van der Waals surface area contributed by atoms with E-state index in [4.69, 9.17) is 9.84 Å². The minimum atomic E-state index is -4.76. The second kappa shape index (κ2) is 15.0. The first kappa shape index (κ1) is 33.6. The zero-order chi connectivity index (χ0) is 30.3. The summed E-state index contributed by atoms with van der Waals surface area (Å²) in [7, 11) is 1.58. The Bertz CT molecular complexity index is 1590. The molecule has 0 aliphatic carbocycles. The molecule has 0 aliphatic heterocycles. The average molecular weight is 623 g/mol. The molecule has 0 aliphatic rings. The number of hydrogen-bond donors (Lipinski definition) is 2. The fourth-order valence-corrected chi connectivity index (χ4v) is 4.27. The van der Waals surface area contributed by atoms with Crippen LogP contribution in [0.25, 0.3) is 17.1 Å². The first-order chi connectivity index (χ1) is 20.0. The van der Waals surface area contributed by atoms with Crippen LogP contribution in [0.2, 0.25) is 0 Å². The predicted molar refractivity (Wildman–Crippen MR) is 155 cm³/mol. The molecule has 4 rings (SSSR count). The topological polar surface area (TPSA) is 123 Å². The molecule has 0 fully saturated rings. The molecule has 0 saturated heterocycles. The molecule has 0 atom stereocenters. The third-order valence-electron chi connectivity index (χ3n) is 5.62. The van der Waals surface area contributed by atoms with Crippen molar-refractivity contribution >= 4 is 34.8 Å². The quantitative estimate of drug-likeness (QED) is 0.127. The van der Waals surface area contributed by atoms with Crippen LogP contribution in [0.5, 0.6) is 11.5 Å². The van der Waals surface area contributed by atoms with E-state index in [2.05, 4.69) is 30.3 Å². The number of ether oxygens (including phenoxy) is 2. The number of halogens is 3. The number of benzene rings is 3. The van der Waals surface area contributed by atoms with E-state index in [1.807, 2.05) is 26.0 Å². The number of amidine groups is 1. The van der Waals surface area contributed by atoms with E-state index in [0.29, 0.717) is 33.7 Å². The Hall–Kier alpha value is -3.85. The zero-order valence-corrected chi connectivity index (χ0v) is 26.4. The monoisotopic (exact) mass is 622 g/mol. The van der Waals surface area contributed by atoms with Crippen LogP contribution in [-0.2, 0) is 4.79 Å². The molecule has 0 saturated carbocycles. The van der Waals surface area contributed by atoms with Crippen molar-refractivity contribution in [1.82, 2.24) is 20.2 Å². The molecule has 10 nitrogen and oxygen atoms in total. The average Bonchev–Trinajstić information content (AvgIpc) is 3.43. The largest absolute Gasteiger partial charge is 1.00 e. The van der Waals surface area contributed by atoms with Gasteiger partial charge in [-0.05, 0) is 66.9 Å². The van der Waals surface area contributed by atoms with Gasteiger partial charge in [0.25, 0.3) is 0 Å². The van der Waals surface area contributed by atoms with Crippen LogP contribution >= 0.6 is 11.8 Å². The van der Waals surface area contributed by atoms with E-state index in [1.54, 1.807) is 37.6 Å². The first-order valence-electron chi connectivity index (χ1n) is 12.3. The first-order valence-corrected chi connectivity index (χ1v) is 13.2. The van der Waals surface area contributed by atoms with Crippen molar-refractivity contribution < 1.29 is 63.5 Å². The summed E-state index contributed by atoms with van der Waals surface area (Å²) in [6.07, 6.45) is -1.75. The van der Waals surface area contributed by atoms with E-state index >= 15 is 0 Å². The van der Waals surface area contributed by atoms with Gasteiger partial charge in [0.15, 0.2) is 11.0 Å². The van der Waals surface area contributed by atoms with Gasteiger partial charge in [-0.25, -0.2) is 14.7 Å². The molecule has 0 unspecified atom stereocenters. The van der Waals surface area contributed by atoms with Crippen molar-refractivity contribution in [1.29, 1.82) is 0 Å². The number of carboxylic acid groups (broad SMARTS) is 1. The summed E-state index contributed by atoms with van der Waals surface area (Å²) in [5, 5.41) is 18.1. The van der Waals surface area contributed by atoms with E-state index in [1.165, 1.54) is 35.3 Å². The summed E-state index contributed by atoms with van der Waals surface area (Å²) in [6.45, 7) is 3.78. The summed E-state index contributed by atoms with van der Waals surface area (Å²) in [5.74, 6) is -0.398. The number of carbonyl (C=O) groups is 1. The smallest absolute Gasteiger partial charge is 1.00 e. The van der Waals surface area contributed by atoms with Gasteiger partial charge in [0.2, 0.25) is 0 Å². The summed E-state index contributed by atoms with van der Waals surface area (Å²) < 4.78 is 47.8. The number of rotatable bonds is 9. The van der Waals surface area contributed by atoms with Crippen molar-refractivity contribution in [2.75, 3.05) is 12.9 Å². The molecule has 43 heavy (non-hydrogen) atoms. The van der Waals surface area contributed by atoms with Gasteiger partial charge in [-0.2, -0.15) is 5.10 Å². The van der Waals surface area contributed by atoms with Crippen LogP contribution in [0.15, 0.2) is 77.1 Å². The molecular formula is C28H26F3N6NaO4S. The maximum atomic E-state index is 12.4. The molecule has 2 N–H and O–H groups in total. The standard InChI is InChI=1S/C28H25F3N6O4S.Na.H/c1-17-12-23(40-3)13-18(2)25(17)34-27(42-15-24(38)39)35-33-14-19-4-6-20(7-5-19)26-32-16-37(36-26)21-8-10-22(11-9-21)41-28(29,30)31;;/h4-14,16H,15H2,1-3H3,(H,34,35)(H,38,39);;/q;+1;-1. The Balaban J connectivity index is 0.00000337. The molecule has 0 amide bonds. The number of methoxy groups -OCH3 is 1. The van der Waals surface area contributed by atoms with Gasteiger partial charge in [-0.1, -0.05) is 36.0 Å². The molecule has 4 aromatic rings. The molecule has 15 heteroatoms. The Morgan fingerprint density at radius 1 is 1.09 bits per heavy atom. The zero-order valence-electron chi connectivity index (χ0n) is 24.6. The third-order valence-corrected chi connectivity index (χ3v) is 6.46. The van der Waals surface area contributed by atoms with E-state index in [0.717, 1.165) is 28.5 Å². The molecule has 1 aromatic heterocycles. The van der Waals surface area contributed by atoms with Crippen LogP contribution < -0.4 is 44.5 Å². The maximum Gasteiger partial charge on any atom is 1.00 e. The Labute approximate surface area is 272 Å². The van der Waals surface area contributed by atoms with E-state index < -0.39 is 12.3 Å². The van der Waals surface area contributed by atoms with Gasteiger partial charge in [0.05, 0.1) is 30.5 Å². The summed E-state index contributed by atoms with van der Waals surface area (Å²) in [4.78, 5) is 20.0. The van der Waals surface area contributed by atoms with Crippen LogP contribution in [0.1, 0.15) is 18.1 Å². The number of nitrogens with one attached hydrogen (secondary N) is 1.